The van der Waals surface area contributed by atoms with Crippen LogP contribution in [0.4, 0.5) is 0 Å². The molecule has 150 valence electrons. The molecule has 1 aliphatic heterocycles. The number of aryl methyl sites for hydroxylation is 1. The summed E-state index contributed by atoms with van der Waals surface area (Å²) in [4.78, 5) is 26.7. The van der Waals surface area contributed by atoms with E-state index in [4.69, 9.17) is 0 Å². The highest BCUT2D eigenvalue weighted by Gasteiger charge is 2.29. The molecule has 29 heavy (non-hydrogen) atoms. The van der Waals surface area contributed by atoms with E-state index in [0.29, 0.717) is 30.6 Å². The van der Waals surface area contributed by atoms with Crippen molar-refractivity contribution in [2.45, 2.75) is 26.3 Å². The van der Waals surface area contributed by atoms with Gasteiger partial charge in [-0.05, 0) is 37.1 Å². The summed E-state index contributed by atoms with van der Waals surface area (Å²) in [7, 11) is 0. The van der Waals surface area contributed by atoms with Gasteiger partial charge in [0.25, 0.3) is 5.91 Å². The molecule has 3 aromatic rings. The molecule has 7 nitrogen and oxygen atoms in total. The number of benzene rings is 2. The lowest BCUT2D eigenvalue weighted by atomic mass is 10.1. The Morgan fingerprint density at radius 3 is 2.83 bits per heavy atom. The van der Waals surface area contributed by atoms with E-state index in [9.17, 15) is 9.59 Å². The van der Waals surface area contributed by atoms with Crippen LogP contribution in [0.25, 0.3) is 11.0 Å². The molecule has 2 amide bonds. The standard InChI is InChI=1S/C22H25N5O2/c1-2-27-20-9-8-18(13-19(20)24-25-27)22(29)23-14-17-12-21(28)26(15-17)11-10-16-6-4-3-5-7-16/h3-9,13,17H,2,10-12,14-15H2,1H3,(H,23,29)/t17-/m1/s1. The van der Waals surface area contributed by atoms with Gasteiger partial charge in [-0.3, -0.25) is 9.59 Å². The third-order valence-electron chi connectivity index (χ3n) is 5.43. The van der Waals surface area contributed by atoms with Gasteiger partial charge in [0.1, 0.15) is 5.52 Å². The number of nitrogens with one attached hydrogen (secondary N) is 1. The van der Waals surface area contributed by atoms with Crippen LogP contribution in [0.5, 0.6) is 0 Å². The highest BCUT2D eigenvalue weighted by Crippen LogP contribution is 2.18. The second-order valence-electron chi connectivity index (χ2n) is 7.46. The van der Waals surface area contributed by atoms with Gasteiger partial charge in [-0.1, -0.05) is 35.5 Å². The molecule has 1 aromatic heterocycles. The van der Waals surface area contributed by atoms with Gasteiger partial charge in [0.2, 0.25) is 5.91 Å². The molecule has 7 heteroatoms. The molecule has 1 fully saturated rings. The van der Waals surface area contributed by atoms with E-state index in [2.05, 4.69) is 27.8 Å². The van der Waals surface area contributed by atoms with Crippen LogP contribution in [0.15, 0.2) is 48.5 Å². The Hall–Kier alpha value is -3.22. The van der Waals surface area contributed by atoms with Crippen LogP contribution in [-0.4, -0.2) is 51.3 Å². The molecule has 0 bridgehead atoms. The Balaban J connectivity index is 1.30. The number of nitrogens with zero attached hydrogens (tertiary/aromatic N) is 4. The van der Waals surface area contributed by atoms with Crippen LogP contribution < -0.4 is 5.32 Å². The predicted molar refractivity (Wildman–Crippen MR) is 110 cm³/mol. The summed E-state index contributed by atoms with van der Waals surface area (Å²) in [5.74, 6) is 0.165. The second-order valence-corrected chi connectivity index (χ2v) is 7.46. The highest BCUT2D eigenvalue weighted by molar-refractivity contribution is 5.97. The molecular formula is C22H25N5O2. The molecule has 0 radical (unpaired) electrons. The molecular weight excluding hydrogens is 366 g/mol. The maximum atomic E-state index is 12.5. The van der Waals surface area contributed by atoms with Crippen LogP contribution in [0.3, 0.4) is 0 Å². The summed E-state index contributed by atoms with van der Waals surface area (Å²) < 4.78 is 1.80. The van der Waals surface area contributed by atoms with E-state index in [0.717, 1.165) is 25.0 Å². The van der Waals surface area contributed by atoms with E-state index < -0.39 is 0 Å². The predicted octanol–water partition coefficient (Wildman–Crippen LogP) is 2.27. The number of hydrogen-bond donors (Lipinski definition) is 1. The molecule has 2 heterocycles. The van der Waals surface area contributed by atoms with E-state index in [1.807, 2.05) is 36.1 Å². The maximum Gasteiger partial charge on any atom is 0.251 e. The fourth-order valence-electron chi connectivity index (χ4n) is 3.80. The fraction of sp³-hybridized carbons (Fsp3) is 0.364. The molecule has 0 aliphatic carbocycles. The Bertz CT molecular complexity index is 1010. The molecule has 1 N–H and O–H groups in total. The fourth-order valence-corrected chi connectivity index (χ4v) is 3.80. The first-order valence-electron chi connectivity index (χ1n) is 10.1. The minimum absolute atomic E-state index is 0.145. The summed E-state index contributed by atoms with van der Waals surface area (Å²) in [5, 5.41) is 11.2. The van der Waals surface area contributed by atoms with Crippen molar-refractivity contribution in [2.75, 3.05) is 19.6 Å². The van der Waals surface area contributed by atoms with Crippen molar-refractivity contribution in [1.82, 2.24) is 25.2 Å². The molecule has 1 saturated heterocycles. The number of amides is 2. The van der Waals surface area contributed by atoms with Crippen molar-refractivity contribution in [3.05, 3.63) is 59.7 Å². The van der Waals surface area contributed by atoms with Crippen LogP contribution in [0.2, 0.25) is 0 Å². The topological polar surface area (TPSA) is 80.1 Å². The van der Waals surface area contributed by atoms with E-state index in [-0.39, 0.29) is 17.7 Å². The third-order valence-corrected chi connectivity index (χ3v) is 5.43. The Morgan fingerprint density at radius 1 is 1.21 bits per heavy atom. The lowest BCUT2D eigenvalue weighted by Crippen LogP contribution is -2.32. The molecule has 0 saturated carbocycles. The zero-order chi connectivity index (χ0) is 20.2. The van der Waals surface area contributed by atoms with Gasteiger partial charge in [-0.15, -0.1) is 5.10 Å². The van der Waals surface area contributed by atoms with Gasteiger partial charge >= 0.3 is 0 Å². The van der Waals surface area contributed by atoms with Gasteiger partial charge in [-0.2, -0.15) is 0 Å². The second kappa shape index (κ2) is 8.43. The lowest BCUT2D eigenvalue weighted by molar-refractivity contribution is -0.127. The number of hydrogen-bond acceptors (Lipinski definition) is 4. The minimum atomic E-state index is -0.145. The van der Waals surface area contributed by atoms with E-state index in [1.54, 1.807) is 16.8 Å². The monoisotopic (exact) mass is 391 g/mol. The third kappa shape index (κ3) is 4.29. The molecule has 1 aliphatic rings. The molecule has 2 aromatic carbocycles. The van der Waals surface area contributed by atoms with Gasteiger partial charge < -0.3 is 10.2 Å². The normalized spacial score (nSPS) is 16.5. The summed E-state index contributed by atoms with van der Waals surface area (Å²) in [6, 6.07) is 15.6. The van der Waals surface area contributed by atoms with Crippen molar-refractivity contribution in [1.29, 1.82) is 0 Å². The van der Waals surface area contributed by atoms with Crippen molar-refractivity contribution in [2.24, 2.45) is 5.92 Å². The summed E-state index contributed by atoms with van der Waals surface area (Å²) in [5.41, 5.74) is 3.42. The number of likely N-dealkylation sites (tertiary alicyclic amines) is 1. The number of aromatic nitrogens is 3. The first-order chi connectivity index (χ1) is 14.1. The number of fused-ring (bicyclic) bond motifs is 1. The van der Waals surface area contributed by atoms with Gasteiger partial charge in [0.05, 0.1) is 5.52 Å². The Labute approximate surface area is 169 Å². The van der Waals surface area contributed by atoms with E-state index >= 15 is 0 Å². The number of carbonyl (C=O) groups is 2. The summed E-state index contributed by atoms with van der Waals surface area (Å²) in [6.07, 6.45) is 1.34. The quantitative estimate of drug-likeness (QED) is 0.670. The van der Waals surface area contributed by atoms with Crippen molar-refractivity contribution >= 4 is 22.8 Å². The smallest absolute Gasteiger partial charge is 0.251 e. The largest absolute Gasteiger partial charge is 0.352 e. The lowest BCUT2D eigenvalue weighted by Gasteiger charge is -2.17. The summed E-state index contributed by atoms with van der Waals surface area (Å²) in [6.45, 7) is 4.64. The average molecular weight is 391 g/mol. The minimum Gasteiger partial charge on any atom is -0.352 e. The molecule has 0 spiro atoms. The van der Waals surface area contributed by atoms with Crippen LogP contribution in [-0.2, 0) is 17.8 Å². The first kappa shape index (κ1) is 19.1. The van der Waals surface area contributed by atoms with E-state index in [1.165, 1.54) is 5.56 Å². The van der Waals surface area contributed by atoms with Crippen LogP contribution in [0, 0.1) is 5.92 Å². The zero-order valence-electron chi connectivity index (χ0n) is 16.5. The first-order valence-corrected chi connectivity index (χ1v) is 10.1. The number of carbonyl (C=O) groups excluding carboxylic acids is 2. The van der Waals surface area contributed by atoms with Crippen molar-refractivity contribution in [3.8, 4) is 0 Å². The zero-order valence-corrected chi connectivity index (χ0v) is 16.5. The molecule has 0 unspecified atom stereocenters. The SMILES string of the molecule is CCn1nnc2cc(C(=O)NC[C@H]3CC(=O)N(CCc4ccccc4)C3)ccc21. The Kier molecular flexibility index (Phi) is 5.55. The highest BCUT2D eigenvalue weighted by atomic mass is 16.2. The summed E-state index contributed by atoms with van der Waals surface area (Å²) >= 11 is 0. The van der Waals surface area contributed by atoms with Crippen LogP contribution >= 0.6 is 0 Å². The average Bonchev–Trinajstić information content (AvgIpc) is 3.33. The van der Waals surface area contributed by atoms with Crippen LogP contribution in [0.1, 0.15) is 29.3 Å². The number of rotatable bonds is 7. The van der Waals surface area contributed by atoms with Gasteiger partial charge in [0.15, 0.2) is 0 Å². The van der Waals surface area contributed by atoms with Crippen molar-refractivity contribution in [3.63, 3.8) is 0 Å². The Morgan fingerprint density at radius 2 is 2.03 bits per heavy atom. The van der Waals surface area contributed by atoms with Gasteiger partial charge in [-0.25, -0.2) is 4.68 Å². The molecule has 4 rings (SSSR count). The van der Waals surface area contributed by atoms with Gasteiger partial charge in [0, 0.05) is 44.1 Å². The van der Waals surface area contributed by atoms with Crippen molar-refractivity contribution < 1.29 is 9.59 Å². The maximum absolute atomic E-state index is 12.5. The molecule has 1 atom stereocenters.